The highest BCUT2D eigenvalue weighted by atomic mass is 16.5. The summed E-state index contributed by atoms with van der Waals surface area (Å²) in [6.45, 7) is 4.22. The molecular formula is C18H29NO2. The van der Waals surface area contributed by atoms with Crippen LogP contribution in [0.1, 0.15) is 44.6 Å². The third-order valence-electron chi connectivity index (χ3n) is 4.12. The largest absolute Gasteiger partial charge is 0.497 e. The van der Waals surface area contributed by atoms with Crippen molar-refractivity contribution >= 4 is 0 Å². The Labute approximate surface area is 129 Å². The molecule has 1 saturated heterocycles. The van der Waals surface area contributed by atoms with Crippen molar-refractivity contribution in [2.24, 2.45) is 0 Å². The molecule has 21 heavy (non-hydrogen) atoms. The van der Waals surface area contributed by atoms with E-state index in [9.17, 15) is 0 Å². The molecule has 2 rings (SSSR count). The normalized spacial score (nSPS) is 20.2. The lowest BCUT2D eigenvalue weighted by molar-refractivity contribution is 0.00526. The maximum absolute atomic E-state index is 5.91. The topological polar surface area (TPSA) is 30.5 Å². The molecule has 1 aliphatic heterocycles. The van der Waals surface area contributed by atoms with Crippen LogP contribution in [0, 0.1) is 0 Å². The van der Waals surface area contributed by atoms with E-state index < -0.39 is 0 Å². The van der Waals surface area contributed by atoms with E-state index in [1.54, 1.807) is 7.11 Å². The Kier molecular flexibility index (Phi) is 7.04. The second-order valence-electron chi connectivity index (χ2n) is 5.93. The molecule has 0 radical (unpaired) electrons. The molecule has 0 aliphatic carbocycles. The zero-order valence-corrected chi connectivity index (χ0v) is 13.4. The van der Waals surface area contributed by atoms with E-state index in [1.165, 1.54) is 31.2 Å². The van der Waals surface area contributed by atoms with E-state index in [1.807, 2.05) is 6.07 Å². The predicted octanol–water partition coefficient (Wildman–Crippen LogP) is 3.57. The lowest BCUT2D eigenvalue weighted by atomic mass is 9.96. The number of rotatable bonds is 8. The highest BCUT2D eigenvalue weighted by Crippen LogP contribution is 2.20. The first-order chi connectivity index (χ1) is 10.3. The molecule has 3 nitrogen and oxygen atoms in total. The molecular weight excluding hydrogens is 262 g/mol. The Bertz CT molecular complexity index is 402. The number of hydrogen-bond acceptors (Lipinski definition) is 3. The van der Waals surface area contributed by atoms with Crippen molar-refractivity contribution in [3.05, 3.63) is 29.8 Å². The van der Waals surface area contributed by atoms with Crippen LogP contribution in [-0.2, 0) is 11.2 Å². The fourth-order valence-electron chi connectivity index (χ4n) is 2.98. The summed E-state index contributed by atoms with van der Waals surface area (Å²) in [7, 11) is 1.72. The fraction of sp³-hybridized carbons (Fsp3) is 0.667. The molecule has 1 aliphatic rings. The van der Waals surface area contributed by atoms with Gasteiger partial charge in [0.25, 0.3) is 0 Å². The van der Waals surface area contributed by atoms with E-state index >= 15 is 0 Å². The van der Waals surface area contributed by atoms with Gasteiger partial charge in [-0.05, 0) is 62.8 Å². The summed E-state index contributed by atoms with van der Waals surface area (Å²) in [6.07, 6.45) is 7.49. The molecule has 118 valence electrons. The van der Waals surface area contributed by atoms with E-state index in [4.69, 9.17) is 9.47 Å². The lowest BCUT2D eigenvalue weighted by Crippen LogP contribution is -2.36. The number of nitrogens with one attached hydrogen (secondary N) is 1. The Morgan fingerprint density at radius 1 is 1.38 bits per heavy atom. The molecule has 1 heterocycles. The van der Waals surface area contributed by atoms with Gasteiger partial charge in [-0.15, -0.1) is 0 Å². The zero-order chi connectivity index (χ0) is 14.9. The minimum absolute atomic E-state index is 0.429. The van der Waals surface area contributed by atoms with Crippen molar-refractivity contribution in [1.29, 1.82) is 0 Å². The van der Waals surface area contributed by atoms with Crippen molar-refractivity contribution in [2.75, 3.05) is 20.3 Å². The summed E-state index contributed by atoms with van der Waals surface area (Å²) in [6, 6.07) is 8.89. The molecule has 1 fully saturated rings. The van der Waals surface area contributed by atoms with Crippen molar-refractivity contribution in [3.8, 4) is 5.75 Å². The Hall–Kier alpha value is -1.06. The molecule has 1 aromatic rings. The maximum atomic E-state index is 5.91. The van der Waals surface area contributed by atoms with Crippen LogP contribution in [0.5, 0.6) is 5.75 Å². The van der Waals surface area contributed by atoms with Crippen LogP contribution in [-0.4, -0.2) is 32.4 Å². The maximum Gasteiger partial charge on any atom is 0.119 e. The molecule has 0 amide bonds. The summed E-state index contributed by atoms with van der Waals surface area (Å²) in [4.78, 5) is 0. The van der Waals surface area contributed by atoms with Gasteiger partial charge < -0.3 is 14.8 Å². The molecule has 2 unspecified atom stereocenters. The second kappa shape index (κ2) is 9.06. The quantitative estimate of drug-likeness (QED) is 0.794. The molecule has 2 atom stereocenters. The zero-order valence-electron chi connectivity index (χ0n) is 13.4. The Morgan fingerprint density at radius 2 is 2.29 bits per heavy atom. The average Bonchev–Trinajstić information content (AvgIpc) is 2.54. The van der Waals surface area contributed by atoms with E-state index in [0.29, 0.717) is 12.1 Å². The first kappa shape index (κ1) is 16.3. The van der Waals surface area contributed by atoms with Crippen LogP contribution in [0.3, 0.4) is 0 Å². The molecule has 0 saturated carbocycles. The molecule has 0 bridgehead atoms. The van der Waals surface area contributed by atoms with E-state index in [2.05, 4.69) is 30.4 Å². The summed E-state index contributed by atoms with van der Waals surface area (Å²) in [5.41, 5.74) is 1.33. The van der Waals surface area contributed by atoms with Crippen molar-refractivity contribution < 1.29 is 9.47 Å². The van der Waals surface area contributed by atoms with Crippen LogP contribution < -0.4 is 10.1 Å². The first-order valence-electron chi connectivity index (χ1n) is 8.29. The van der Waals surface area contributed by atoms with E-state index in [0.717, 1.165) is 31.7 Å². The monoisotopic (exact) mass is 291 g/mol. The minimum Gasteiger partial charge on any atom is -0.497 e. The number of hydrogen-bond donors (Lipinski definition) is 1. The fourth-order valence-corrected chi connectivity index (χ4v) is 2.98. The van der Waals surface area contributed by atoms with E-state index in [-0.39, 0.29) is 0 Å². The minimum atomic E-state index is 0.429. The molecule has 0 spiro atoms. The first-order valence-corrected chi connectivity index (χ1v) is 8.29. The van der Waals surface area contributed by atoms with Crippen LogP contribution in [0.2, 0.25) is 0 Å². The second-order valence-corrected chi connectivity index (χ2v) is 5.93. The van der Waals surface area contributed by atoms with Crippen molar-refractivity contribution in [3.63, 3.8) is 0 Å². The number of benzene rings is 1. The third-order valence-corrected chi connectivity index (χ3v) is 4.12. The van der Waals surface area contributed by atoms with Gasteiger partial charge >= 0.3 is 0 Å². The summed E-state index contributed by atoms with van der Waals surface area (Å²) < 4.78 is 11.2. The number of methoxy groups -OCH3 is 1. The van der Waals surface area contributed by atoms with Crippen molar-refractivity contribution in [2.45, 2.75) is 57.6 Å². The van der Waals surface area contributed by atoms with Gasteiger partial charge in [-0.3, -0.25) is 0 Å². The van der Waals surface area contributed by atoms with Gasteiger partial charge in [0, 0.05) is 12.6 Å². The van der Waals surface area contributed by atoms with Crippen LogP contribution in [0.4, 0.5) is 0 Å². The molecule has 1 aromatic carbocycles. The standard InChI is InChI=1S/C18H29NO2/c1-3-10-19-16(14-18-8-4-5-11-21-18)12-15-7-6-9-17(13-15)20-2/h6-7,9,13,16,18-19H,3-5,8,10-12,14H2,1-2H3. The predicted molar refractivity (Wildman–Crippen MR) is 87.0 cm³/mol. The van der Waals surface area contributed by atoms with Gasteiger partial charge in [0.2, 0.25) is 0 Å². The number of ether oxygens (including phenoxy) is 2. The summed E-state index contributed by atoms with van der Waals surface area (Å²) in [5.74, 6) is 0.940. The molecule has 1 N–H and O–H groups in total. The van der Waals surface area contributed by atoms with Crippen LogP contribution in [0.15, 0.2) is 24.3 Å². The lowest BCUT2D eigenvalue weighted by Gasteiger charge is -2.28. The van der Waals surface area contributed by atoms with Gasteiger partial charge in [0.1, 0.15) is 5.75 Å². The summed E-state index contributed by atoms with van der Waals surface area (Å²) in [5, 5.41) is 3.68. The van der Waals surface area contributed by atoms with Gasteiger partial charge in [0.05, 0.1) is 13.2 Å². The van der Waals surface area contributed by atoms with Crippen molar-refractivity contribution in [1.82, 2.24) is 5.32 Å². The average molecular weight is 291 g/mol. The van der Waals surface area contributed by atoms with Crippen LogP contribution >= 0.6 is 0 Å². The highest BCUT2D eigenvalue weighted by Gasteiger charge is 2.19. The summed E-state index contributed by atoms with van der Waals surface area (Å²) >= 11 is 0. The van der Waals surface area contributed by atoms with Gasteiger partial charge in [-0.2, -0.15) is 0 Å². The van der Waals surface area contributed by atoms with Gasteiger partial charge in [-0.1, -0.05) is 19.1 Å². The SMILES string of the molecule is CCCNC(Cc1cccc(OC)c1)CC1CCCCO1. The highest BCUT2D eigenvalue weighted by molar-refractivity contribution is 5.29. The third kappa shape index (κ3) is 5.68. The van der Waals surface area contributed by atoms with Gasteiger partial charge in [0.15, 0.2) is 0 Å². The van der Waals surface area contributed by atoms with Gasteiger partial charge in [-0.25, -0.2) is 0 Å². The van der Waals surface area contributed by atoms with Crippen LogP contribution in [0.25, 0.3) is 0 Å². The molecule has 0 aromatic heterocycles. The Balaban J connectivity index is 1.93. The Morgan fingerprint density at radius 3 is 3.00 bits per heavy atom. The smallest absolute Gasteiger partial charge is 0.119 e. The molecule has 3 heteroatoms.